The summed E-state index contributed by atoms with van der Waals surface area (Å²) in [6.45, 7) is 1.93. The van der Waals surface area contributed by atoms with Gasteiger partial charge in [0.25, 0.3) is 5.91 Å². The molecule has 0 aliphatic heterocycles. The highest BCUT2D eigenvalue weighted by atomic mass is 35.5. The molecular formula is C22H19ClN2O2. The molecule has 0 saturated carbocycles. The van der Waals surface area contributed by atoms with Gasteiger partial charge in [0.2, 0.25) is 0 Å². The lowest BCUT2D eigenvalue weighted by Crippen LogP contribution is -2.20. The molecule has 0 aliphatic rings. The zero-order chi connectivity index (χ0) is 19.1. The van der Waals surface area contributed by atoms with Crippen LogP contribution in [0.25, 0.3) is 0 Å². The first-order valence-electron chi connectivity index (χ1n) is 8.48. The monoisotopic (exact) mass is 378 g/mol. The maximum atomic E-state index is 11.9. The van der Waals surface area contributed by atoms with Gasteiger partial charge in [-0.3, -0.25) is 9.79 Å². The van der Waals surface area contributed by atoms with Gasteiger partial charge >= 0.3 is 0 Å². The van der Waals surface area contributed by atoms with Crippen molar-refractivity contribution in [3.05, 3.63) is 88.9 Å². The van der Waals surface area contributed by atoms with E-state index in [1.54, 1.807) is 6.21 Å². The molecule has 0 saturated heterocycles. The van der Waals surface area contributed by atoms with Crippen molar-refractivity contribution in [1.29, 1.82) is 0 Å². The molecule has 0 radical (unpaired) electrons. The fourth-order valence-corrected chi connectivity index (χ4v) is 2.55. The number of nitrogens with one attached hydrogen (secondary N) is 1. The highest BCUT2D eigenvalue weighted by Gasteiger charge is 2.03. The van der Waals surface area contributed by atoms with Gasteiger partial charge in [-0.05, 0) is 66.6 Å². The standard InChI is InChI=1S/C22H19ClN2O2/c1-16-7-10-18(23)13-21(16)24-14-17-8-11-20(12-9-17)27-15-22(26)25-19-5-3-2-4-6-19/h2-14H,15H2,1H3,(H,25,26). The summed E-state index contributed by atoms with van der Waals surface area (Å²) in [6.07, 6.45) is 1.77. The van der Waals surface area contributed by atoms with Crippen LogP contribution in [0.5, 0.6) is 5.75 Å². The summed E-state index contributed by atoms with van der Waals surface area (Å²) in [5, 5.41) is 3.43. The van der Waals surface area contributed by atoms with E-state index in [1.165, 1.54) is 0 Å². The Morgan fingerprint density at radius 1 is 1.07 bits per heavy atom. The predicted molar refractivity (Wildman–Crippen MR) is 110 cm³/mol. The summed E-state index contributed by atoms with van der Waals surface area (Å²) in [4.78, 5) is 16.4. The molecule has 3 rings (SSSR count). The van der Waals surface area contributed by atoms with Gasteiger partial charge in [-0.1, -0.05) is 35.9 Å². The number of carbonyl (C=O) groups is 1. The number of aliphatic imine (C=N–C) groups is 1. The Balaban J connectivity index is 1.55. The van der Waals surface area contributed by atoms with E-state index in [9.17, 15) is 4.79 Å². The Kier molecular flexibility index (Phi) is 6.23. The topological polar surface area (TPSA) is 50.7 Å². The number of anilines is 1. The predicted octanol–water partition coefficient (Wildman–Crippen LogP) is 5.42. The lowest BCUT2D eigenvalue weighted by molar-refractivity contribution is -0.118. The van der Waals surface area contributed by atoms with Crippen LogP contribution in [0.3, 0.4) is 0 Å². The van der Waals surface area contributed by atoms with E-state index in [-0.39, 0.29) is 12.5 Å². The zero-order valence-electron chi connectivity index (χ0n) is 14.9. The third-order valence-electron chi connectivity index (χ3n) is 3.83. The SMILES string of the molecule is Cc1ccc(Cl)cc1N=Cc1ccc(OCC(=O)Nc2ccccc2)cc1. The molecule has 1 N–H and O–H groups in total. The maximum absolute atomic E-state index is 11.9. The zero-order valence-corrected chi connectivity index (χ0v) is 15.6. The number of para-hydroxylation sites is 1. The van der Waals surface area contributed by atoms with Gasteiger partial charge in [-0.15, -0.1) is 0 Å². The van der Waals surface area contributed by atoms with Crippen LogP contribution in [0.4, 0.5) is 11.4 Å². The average molecular weight is 379 g/mol. The smallest absolute Gasteiger partial charge is 0.262 e. The van der Waals surface area contributed by atoms with Crippen LogP contribution in [0.15, 0.2) is 77.8 Å². The van der Waals surface area contributed by atoms with Crippen LogP contribution < -0.4 is 10.1 Å². The molecule has 0 bridgehead atoms. The second-order valence-corrected chi connectivity index (χ2v) is 6.40. The number of amides is 1. The van der Waals surface area contributed by atoms with Crippen LogP contribution in [-0.4, -0.2) is 18.7 Å². The Hall–Kier alpha value is -3.11. The number of aryl methyl sites for hydroxylation is 1. The van der Waals surface area contributed by atoms with E-state index < -0.39 is 0 Å². The summed E-state index contributed by atoms with van der Waals surface area (Å²) < 4.78 is 5.52. The highest BCUT2D eigenvalue weighted by molar-refractivity contribution is 6.30. The molecule has 0 atom stereocenters. The fourth-order valence-electron chi connectivity index (χ4n) is 2.38. The fraction of sp³-hybridized carbons (Fsp3) is 0.0909. The maximum Gasteiger partial charge on any atom is 0.262 e. The Morgan fingerprint density at radius 2 is 1.81 bits per heavy atom. The molecule has 0 unspecified atom stereocenters. The van der Waals surface area contributed by atoms with Gasteiger partial charge in [0.05, 0.1) is 5.69 Å². The number of halogens is 1. The number of hydrogen-bond acceptors (Lipinski definition) is 3. The molecule has 0 heterocycles. The van der Waals surface area contributed by atoms with Crippen molar-refractivity contribution < 1.29 is 9.53 Å². The van der Waals surface area contributed by atoms with Gasteiger partial charge in [-0.25, -0.2) is 0 Å². The lowest BCUT2D eigenvalue weighted by Gasteiger charge is -2.07. The molecule has 4 nitrogen and oxygen atoms in total. The van der Waals surface area contributed by atoms with Gasteiger partial charge in [0, 0.05) is 16.9 Å². The van der Waals surface area contributed by atoms with Gasteiger partial charge in [0.15, 0.2) is 6.61 Å². The normalized spacial score (nSPS) is 10.7. The summed E-state index contributed by atoms with van der Waals surface area (Å²) in [7, 11) is 0. The minimum Gasteiger partial charge on any atom is -0.484 e. The number of rotatable bonds is 6. The van der Waals surface area contributed by atoms with Crippen molar-refractivity contribution in [2.45, 2.75) is 6.92 Å². The molecule has 3 aromatic rings. The van der Waals surface area contributed by atoms with Crippen LogP contribution in [0.2, 0.25) is 5.02 Å². The number of ether oxygens (including phenoxy) is 1. The third kappa shape index (κ3) is 5.69. The number of hydrogen-bond donors (Lipinski definition) is 1. The first-order valence-corrected chi connectivity index (χ1v) is 8.86. The first kappa shape index (κ1) is 18.7. The van der Waals surface area contributed by atoms with Crippen LogP contribution in [-0.2, 0) is 4.79 Å². The van der Waals surface area contributed by atoms with E-state index in [0.29, 0.717) is 10.8 Å². The largest absolute Gasteiger partial charge is 0.484 e. The van der Waals surface area contributed by atoms with E-state index in [1.807, 2.05) is 79.7 Å². The van der Waals surface area contributed by atoms with Crippen molar-refractivity contribution >= 4 is 35.1 Å². The molecule has 3 aromatic carbocycles. The molecule has 0 aliphatic carbocycles. The van der Waals surface area contributed by atoms with Gasteiger partial charge in [-0.2, -0.15) is 0 Å². The first-order chi connectivity index (χ1) is 13.1. The van der Waals surface area contributed by atoms with Gasteiger partial charge in [0.1, 0.15) is 5.75 Å². The van der Waals surface area contributed by atoms with E-state index in [2.05, 4.69) is 10.3 Å². The van der Waals surface area contributed by atoms with E-state index in [0.717, 1.165) is 22.5 Å². The molecule has 1 amide bonds. The summed E-state index contributed by atoms with van der Waals surface area (Å²) >= 11 is 6.01. The molecule has 136 valence electrons. The highest BCUT2D eigenvalue weighted by Crippen LogP contribution is 2.23. The average Bonchev–Trinajstić information content (AvgIpc) is 2.69. The molecule has 27 heavy (non-hydrogen) atoms. The molecule has 0 spiro atoms. The van der Waals surface area contributed by atoms with Crippen molar-refractivity contribution in [3.8, 4) is 5.75 Å². The Morgan fingerprint density at radius 3 is 2.56 bits per heavy atom. The molecule has 0 aromatic heterocycles. The lowest BCUT2D eigenvalue weighted by atomic mass is 10.2. The van der Waals surface area contributed by atoms with Crippen molar-refractivity contribution in [3.63, 3.8) is 0 Å². The molecule has 0 fully saturated rings. The molecular weight excluding hydrogens is 360 g/mol. The Bertz CT molecular complexity index is 938. The summed E-state index contributed by atoms with van der Waals surface area (Å²) in [6, 6.07) is 22.3. The Labute approximate surface area is 163 Å². The summed E-state index contributed by atoms with van der Waals surface area (Å²) in [5.41, 5.74) is 3.56. The van der Waals surface area contributed by atoms with E-state index in [4.69, 9.17) is 16.3 Å². The minimum atomic E-state index is -0.205. The van der Waals surface area contributed by atoms with Crippen LogP contribution in [0.1, 0.15) is 11.1 Å². The number of carbonyl (C=O) groups excluding carboxylic acids is 1. The van der Waals surface area contributed by atoms with Crippen molar-refractivity contribution in [2.75, 3.05) is 11.9 Å². The number of benzene rings is 3. The van der Waals surface area contributed by atoms with Crippen LogP contribution in [0, 0.1) is 6.92 Å². The second kappa shape index (κ2) is 9.01. The second-order valence-electron chi connectivity index (χ2n) is 5.96. The quantitative estimate of drug-likeness (QED) is 0.582. The molecule has 5 heteroatoms. The van der Waals surface area contributed by atoms with Crippen molar-refractivity contribution in [2.24, 2.45) is 4.99 Å². The van der Waals surface area contributed by atoms with Gasteiger partial charge < -0.3 is 10.1 Å². The third-order valence-corrected chi connectivity index (χ3v) is 4.07. The summed E-state index contributed by atoms with van der Waals surface area (Å²) in [5.74, 6) is 0.414. The number of nitrogens with zero attached hydrogens (tertiary/aromatic N) is 1. The van der Waals surface area contributed by atoms with Crippen molar-refractivity contribution in [1.82, 2.24) is 0 Å². The van der Waals surface area contributed by atoms with E-state index >= 15 is 0 Å². The minimum absolute atomic E-state index is 0.0515. The van der Waals surface area contributed by atoms with Crippen LogP contribution >= 0.6 is 11.6 Å².